The van der Waals surface area contributed by atoms with E-state index in [1.54, 1.807) is 0 Å². The summed E-state index contributed by atoms with van der Waals surface area (Å²) in [5.41, 5.74) is 2.77. The molecule has 2 atom stereocenters. The molecule has 1 aliphatic carbocycles. The molecule has 5 rings (SSSR count). The predicted octanol–water partition coefficient (Wildman–Crippen LogP) is 5.56. The van der Waals surface area contributed by atoms with E-state index in [1.165, 1.54) is 0 Å². The van der Waals surface area contributed by atoms with Crippen LogP contribution in [0.1, 0.15) is 48.9 Å². The molecular weight excluding hydrogens is 412 g/mol. The van der Waals surface area contributed by atoms with Crippen molar-refractivity contribution in [3.05, 3.63) is 70.6 Å². The maximum Gasteiger partial charge on any atom is 0.223 e. The van der Waals surface area contributed by atoms with Gasteiger partial charge in [-0.15, -0.1) is 0 Å². The molecular formula is C25H27ClN2O3. The highest BCUT2D eigenvalue weighted by molar-refractivity contribution is 6.28. The minimum Gasteiger partial charge on any atom is -0.358 e. The molecule has 2 aromatic carbocycles. The Balaban J connectivity index is 1.67. The third-order valence-corrected chi connectivity index (χ3v) is 6.12. The van der Waals surface area contributed by atoms with Crippen LogP contribution < -0.4 is 0 Å². The van der Waals surface area contributed by atoms with Crippen molar-refractivity contribution in [1.29, 1.82) is 0 Å². The second kappa shape index (κ2) is 8.83. The maximum atomic E-state index is 6.79. The van der Waals surface area contributed by atoms with Gasteiger partial charge in [-0.2, -0.15) is 0 Å². The lowest BCUT2D eigenvalue weighted by Gasteiger charge is -2.36. The van der Waals surface area contributed by atoms with Crippen molar-refractivity contribution in [3.8, 4) is 0 Å². The van der Waals surface area contributed by atoms with Crippen molar-refractivity contribution < 1.29 is 14.2 Å². The fourth-order valence-corrected chi connectivity index (χ4v) is 4.37. The van der Waals surface area contributed by atoms with Crippen molar-refractivity contribution >= 4 is 22.5 Å². The molecule has 0 amide bonds. The number of fused-ring (bicyclic) bond motifs is 1. The summed E-state index contributed by atoms with van der Waals surface area (Å²) in [6.45, 7) is 3.10. The first-order valence-corrected chi connectivity index (χ1v) is 11.4. The molecule has 1 saturated carbocycles. The smallest absolute Gasteiger partial charge is 0.223 e. The average Bonchev–Trinajstić information content (AvgIpc) is 3.62. The van der Waals surface area contributed by atoms with Crippen LogP contribution in [0.4, 0.5) is 0 Å². The van der Waals surface area contributed by atoms with Crippen LogP contribution in [0.15, 0.2) is 48.5 Å². The highest BCUT2D eigenvalue weighted by atomic mass is 35.5. The molecule has 3 aromatic rings. The van der Waals surface area contributed by atoms with Gasteiger partial charge in [-0.25, -0.2) is 9.97 Å². The molecule has 5 nitrogen and oxygen atoms in total. The number of hydrogen-bond donors (Lipinski definition) is 0. The van der Waals surface area contributed by atoms with E-state index in [2.05, 4.69) is 30.1 Å². The van der Waals surface area contributed by atoms with Crippen molar-refractivity contribution in [2.45, 2.75) is 57.0 Å². The van der Waals surface area contributed by atoms with E-state index in [0.717, 1.165) is 66.4 Å². The number of hydrogen-bond acceptors (Lipinski definition) is 5. The van der Waals surface area contributed by atoms with E-state index < -0.39 is 5.60 Å². The van der Waals surface area contributed by atoms with Crippen LogP contribution in [0.3, 0.4) is 0 Å². The zero-order chi connectivity index (χ0) is 21.3. The first-order valence-electron chi connectivity index (χ1n) is 11.0. The van der Waals surface area contributed by atoms with Gasteiger partial charge >= 0.3 is 0 Å². The molecule has 2 heterocycles. The minimum absolute atomic E-state index is 0.171. The SMILES string of the molecule is Cc1ccc2nc(Cl)nc(C(COC3CCCCO3)(OC3CC3)c3ccccc3)c2c1. The fraction of sp³-hybridized carbons (Fsp3) is 0.440. The Kier molecular flexibility index (Phi) is 5.93. The molecule has 2 aliphatic rings. The number of benzene rings is 2. The summed E-state index contributed by atoms with van der Waals surface area (Å²) in [5.74, 6) is 0. The van der Waals surface area contributed by atoms with E-state index in [1.807, 2.05) is 30.3 Å². The zero-order valence-electron chi connectivity index (χ0n) is 17.7. The van der Waals surface area contributed by atoms with Gasteiger partial charge in [-0.1, -0.05) is 42.0 Å². The van der Waals surface area contributed by atoms with Crippen LogP contribution in [-0.2, 0) is 19.8 Å². The lowest BCUT2D eigenvalue weighted by molar-refractivity contribution is -0.197. The quantitative estimate of drug-likeness (QED) is 0.452. The minimum atomic E-state index is -0.901. The third-order valence-electron chi connectivity index (χ3n) is 5.95. The molecule has 6 heteroatoms. The second-order valence-corrected chi connectivity index (χ2v) is 8.82. The van der Waals surface area contributed by atoms with Crippen LogP contribution in [0.2, 0.25) is 5.28 Å². The van der Waals surface area contributed by atoms with Crippen molar-refractivity contribution in [3.63, 3.8) is 0 Å². The van der Waals surface area contributed by atoms with E-state index in [0.29, 0.717) is 6.61 Å². The van der Waals surface area contributed by atoms with Crippen LogP contribution in [0.25, 0.3) is 10.9 Å². The molecule has 1 saturated heterocycles. The first-order chi connectivity index (χ1) is 15.1. The summed E-state index contributed by atoms with van der Waals surface area (Å²) >= 11 is 6.41. The Bertz CT molecular complexity index is 1050. The monoisotopic (exact) mass is 438 g/mol. The standard InChI is InChI=1S/C25H27ClN2O3/c1-17-10-13-21-20(15-17)23(28-24(26)27-21)25(31-19-11-12-19,18-7-3-2-4-8-18)16-30-22-9-5-6-14-29-22/h2-4,7-8,10,13,15,19,22H,5-6,9,11-12,14,16H2,1H3. The Morgan fingerprint density at radius 3 is 2.65 bits per heavy atom. The summed E-state index contributed by atoms with van der Waals surface area (Å²) in [6.07, 6.45) is 5.07. The zero-order valence-corrected chi connectivity index (χ0v) is 18.5. The highest BCUT2D eigenvalue weighted by Gasteiger charge is 2.44. The molecule has 2 unspecified atom stereocenters. The topological polar surface area (TPSA) is 53.5 Å². The molecule has 162 valence electrons. The summed E-state index contributed by atoms with van der Waals surface area (Å²) < 4.78 is 19.0. The van der Waals surface area contributed by atoms with Gasteiger partial charge in [0.1, 0.15) is 0 Å². The average molecular weight is 439 g/mol. The van der Waals surface area contributed by atoms with Gasteiger partial charge in [0.05, 0.1) is 23.9 Å². The third kappa shape index (κ3) is 4.46. The summed E-state index contributed by atoms with van der Waals surface area (Å²) in [6, 6.07) is 16.3. The number of aryl methyl sites for hydroxylation is 1. The lowest BCUT2D eigenvalue weighted by atomic mass is 9.87. The van der Waals surface area contributed by atoms with Gasteiger partial charge in [-0.05, 0) is 68.3 Å². The summed E-state index contributed by atoms with van der Waals surface area (Å²) in [5, 5.41) is 1.14. The molecule has 0 radical (unpaired) electrons. The maximum absolute atomic E-state index is 6.79. The van der Waals surface area contributed by atoms with Crippen LogP contribution >= 0.6 is 11.6 Å². The number of ether oxygens (including phenoxy) is 3. The van der Waals surface area contributed by atoms with Crippen LogP contribution in [0.5, 0.6) is 0 Å². The Morgan fingerprint density at radius 2 is 1.90 bits per heavy atom. The predicted molar refractivity (Wildman–Crippen MR) is 120 cm³/mol. The Hall–Kier alpha value is -2.05. The summed E-state index contributed by atoms with van der Waals surface area (Å²) in [7, 11) is 0. The second-order valence-electron chi connectivity index (χ2n) is 8.48. The van der Waals surface area contributed by atoms with Crippen LogP contribution in [-0.4, -0.2) is 35.6 Å². The molecule has 0 spiro atoms. The van der Waals surface area contributed by atoms with Crippen molar-refractivity contribution in [2.24, 2.45) is 0 Å². The number of halogens is 1. The lowest BCUT2D eigenvalue weighted by Crippen LogP contribution is -2.41. The van der Waals surface area contributed by atoms with Gasteiger partial charge in [0.25, 0.3) is 0 Å². The normalized spacial score (nSPS) is 21.2. The molecule has 1 aromatic heterocycles. The highest BCUT2D eigenvalue weighted by Crippen LogP contribution is 2.43. The van der Waals surface area contributed by atoms with E-state index in [-0.39, 0.29) is 17.7 Å². The van der Waals surface area contributed by atoms with E-state index in [4.69, 9.17) is 30.8 Å². The molecule has 1 aliphatic heterocycles. The van der Waals surface area contributed by atoms with Gasteiger partial charge < -0.3 is 14.2 Å². The van der Waals surface area contributed by atoms with Gasteiger partial charge in [0, 0.05) is 12.0 Å². The van der Waals surface area contributed by atoms with E-state index in [9.17, 15) is 0 Å². The number of nitrogens with zero attached hydrogens (tertiary/aromatic N) is 2. The largest absolute Gasteiger partial charge is 0.358 e. The first kappa shape index (κ1) is 20.8. The Labute approximate surface area is 187 Å². The molecule has 0 bridgehead atoms. The van der Waals surface area contributed by atoms with Gasteiger partial charge in [0.2, 0.25) is 5.28 Å². The number of rotatable bonds is 7. The number of aromatic nitrogens is 2. The molecule has 31 heavy (non-hydrogen) atoms. The fourth-order valence-electron chi connectivity index (χ4n) is 4.20. The molecule has 0 N–H and O–H groups in total. The van der Waals surface area contributed by atoms with Gasteiger partial charge in [0.15, 0.2) is 11.9 Å². The Morgan fingerprint density at radius 1 is 1.06 bits per heavy atom. The van der Waals surface area contributed by atoms with Crippen molar-refractivity contribution in [2.75, 3.05) is 13.2 Å². The van der Waals surface area contributed by atoms with Crippen molar-refractivity contribution in [1.82, 2.24) is 9.97 Å². The van der Waals surface area contributed by atoms with Gasteiger partial charge in [-0.3, -0.25) is 0 Å². The molecule has 2 fully saturated rings. The van der Waals surface area contributed by atoms with E-state index >= 15 is 0 Å². The van der Waals surface area contributed by atoms with Crippen LogP contribution in [0, 0.1) is 6.92 Å². The summed E-state index contributed by atoms with van der Waals surface area (Å²) in [4.78, 5) is 9.21.